The molecule has 0 aliphatic heterocycles. The maximum atomic E-state index is 12.6. The highest BCUT2D eigenvalue weighted by atomic mass is 19.4. The first-order valence-corrected chi connectivity index (χ1v) is 20.6. The van der Waals surface area contributed by atoms with Crippen LogP contribution in [0.5, 0.6) is 0 Å². The highest BCUT2D eigenvalue weighted by Crippen LogP contribution is 2.30. The zero-order valence-electron chi connectivity index (χ0n) is 33.1. The van der Waals surface area contributed by atoms with Crippen molar-refractivity contribution >= 4 is 12.0 Å². The molecule has 9 nitrogen and oxygen atoms in total. The van der Waals surface area contributed by atoms with E-state index in [-0.39, 0.29) is 19.8 Å². The molecule has 2 N–H and O–H groups in total. The lowest BCUT2D eigenvalue weighted by atomic mass is 9.92. The van der Waals surface area contributed by atoms with Gasteiger partial charge in [-0.3, -0.25) is 14.8 Å². The number of alkyl halides is 6. The summed E-state index contributed by atoms with van der Waals surface area (Å²) in [7, 11) is 0. The second-order valence-corrected chi connectivity index (χ2v) is 15.3. The number of unbranched alkanes of at least 4 members (excludes halogenated alkanes) is 4. The number of rotatable bonds is 17. The van der Waals surface area contributed by atoms with Crippen LogP contribution in [0.3, 0.4) is 0 Å². The normalized spacial score (nSPS) is 14.9. The number of carboxylic acids is 1. The zero-order chi connectivity index (χ0) is 42.3. The SMILES string of the molecule is C.O=C(O)CC(CCCCCCc1ccc2c(n1)CCCC2)c1cnc(C(F)(F)F)nc1.OC(/C=C/c1cnc(C(F)(F)F)nc1)CCCCc1ccc2c(n1)CCCC2. The molecule has 0 amide bonds. The molecule has 0 saturated heterocycles. The number of halogens is 6. The summed E-state index contributed by atoms with van der Waals surface area (Å²) >= 11 is 0. The summed E-state index contributed by atoms with van der Waals surface area (Å²) < 4.78 is 75.2. The number of aliphatic hydroxyl groups is 1. The number of aromatic nitrogens is 6. The monoisotopic (exact) mass is 842 g/mol. The Morgan fingerprint density at radius 3 is 1.63 bits per heavy atom. The van der Waals surface area contributed by atoms with E-state index in [9.17, 15) is 36.2 Å². The standard InChI is InChI=1S/C23H28F3N3O2.C21H24F3N3O.CH4/c24-23(25,26)22-27-14-18(15-28-22)17(13-21(30)31)8-3-1-2-4-9-19-12-11-16-7-5-6-10-20(16)29-19;22-21(23,24)20-25-13-15(14-26-20)9-12-18(28)7-3-2-6-17-11-10-16-5-1-4-8-19(16)27-17;/h11-12,14-15,17H,1-10,13H2,(H,30,31);9-14,18,28H,1-8H2;1H4/b;12-9+;. The minimum absolute atomic E-state index is 0. The van der Waals surface area contributed by atoms with E-state index in [1.807, 2.05) is 0 Å². The number of fused-ring (bicyclic) bond motifs is 2. The van der Waals surface area contributed by atoms with E-state index in [2.05, 4.69) is 44.2 Å². The van der Waals surface area contributed by atoms with Gasteiger partial charge < -0.3 is 10.2 Å². The number of aryl methyl sites for hydroxylation is 6. The van der Waals surface area contributed by atoms with Crippen molar-refractivity contribution in [1.82, 2.24) is 29.9 Å². The Labute approximate surface area is 348 Å². The number of nitrogens with zero attached hydrogens (tertiary/aromatic N) is 6. The van der Waals surface area contributed by atoms with Crippen molar-refractivity contribution in [3.05, 3.63) is 112 Å². The fourth-order valence-electron chi connectivity index (χ4n) is 7.42. The largest absolute Gasteiger partial charge is 0.481 e. The van der Waals surface area contributed by atoms with Gasteiger partial charge in [0.2, 0.25) is 11.6 Å². The quantitative estimate of drug-likeness (QED) is 0.0787. The van der Waals surface area contributed by atoms with Crippen LogP contribution in [0.25, 0.3) is 6.08 Å². The van der Waals surface area contributed by atoms with E-state index < -0.39 is 36.1 Å². The third-order valence-corrected chi connectivity index (χ3v) is 10.6. The van der Waals surface area contributed by atoms with Gasteiger partial charge in [-0.2, -0.15) is 26.3 Å². The molecule has 4 heterocycles. The molecule has 326 valence electrons. The van der Waals surface area contributed by atoms with Crippen molar-refractivity contribution in [2.75, 3.05) is 0 Å². The van der Waals surface area contributed by atoms with Crippen molar-refractivity contribution in [3.63, 3.8) is 0 Å². The number of aliphatic hydroxyl groups excluding tert-OH is 1. The smallest absolute Gasteiger partial charge is 0.451 e. The fourth-order valence-corrected chi connectivity index (χ4v) is 7.42. The number of pyridine rings is 2. The van der Waals surface area contributed by atoms with Gasteiger partial charge in [-0.25, -0.2) is 19.9 Å². The van der Waals surface area contributed by atoms with Gasteiger partial charge in [-0.15, -0.1) is 0 Å². The maximum Gasteiger partial charge on any atom is 0.451 e. The summed E-state index contributed by atoms with van der Waals surface area (Å²) in [6, 6.07) is 8.63. The molecule has 0 aromatic carbocycles. The highest BCUT2D eigenvalue weighted by molar-refractivity contribution is 5.68. The molecule has 2 aliphatic carbocycles. The molecule has 60 heavy (non-hydrogen) atoms. The number of hydrogen-bond donors (Lipinski definition) is 2. The molecule has 0 spiro atoms. The second kappa shape index (κ2) is 23.3. The van der Waals surface area contributed by atoms with Crippen LogP contribution in [0.4, 0.5) is 26.3 Å². The third kappa shape index (κ3) is 15.7. The Hall–Kier alpha value is -4.79. The summed E-state index contributed by atoms with van der Waals surface area (Å²) in [5.74, 6) is -3.74. The average molecular weight is 843 g/mol. The maximum absolute atomic E-state index is 12.6. The van der Waals surface area contributed by atoms with Gasteiger partial charge in [0.1, 0.15) is 0 Å². The minimum atomic E-state index is -4.60. The van der Waals surface area contributed by atoms with Crippen LogP contribution in [-0.2, 0) is 55.7 Å². The van der Waals surface area contributed by atoms with Crippen LogP contribution in [0.15, 0.2) is 55.1 Å². The molecule has 2 aliphatic rings. The number of aliphatic carboxylic acids is 1. The predicted octanol–water partition coefficient (Wildman–Crippen LogP) is 10.7. The van der Waals surface area contributed by atoms with Gasteiger partial charge in [0.25, 0.3) is 0 Å². The summed E-state index contributed by atoms with van der Waals surface area (Å²) in [6.45, 7) is 0. The number of carbonyl (C=O) groups is 1. The first-order valence-electron chi connectivity index (χ1n) is 20.6. The van der Waals surface area contributed by atoms with Crippen molar-refractivity contribution in [3.8, 4) is 0 Å². The van der Waals surface area contributed by atoms with Gasteiger partial charge in [0.05, 0.1) is 12.5 Å². The van der Waals surface area contributed by atoms with Crippen LogP contribution in [0.1, 0.15) is 153 Å². The molecular formula is C45H56F6N6O3. The summed E-state index contributed by atoms with van der Waals surface area (Å²) in [5, 5.41) is 19.2. The summed E-state index contributed by atoms with van der Waals surface area (Å²) in [6.07, 6.45) is 15.4. The average Bonchev–Trinajstić information content (AvgIpc) is 3.22. The molecular weight excluding hydrogens is 787 g/mol. The second-order valence-electron chi connectivity index (χ2n) is 15.3. The van der Waals surface area contributed by atoms with E-state index in [1.165, 1.54) is 54.3 Å². The molecule has 15 heteroatoms. The topological polar surface area (TPSA) is 135 Å². The van der Waals surface area contributed by atoms with E-state index in [0.29, 0.717) is 24.0 Å². The molecule has 0 bridgehead atoms. The van der Waals surface area contributed by atoms with Crippen LogP contribution in [-0.4, -0.2) is 52.2 Å². The fraction of sp³-hybridized carbons (Fsp3) is 0.533. The molecule has 6 rings (SSSR count). The van der Waals surface area contributed by atoms with E-state index in [0.717, 1.165) is 113 Å². The Balaban J connectivity index is 0.000000262. The van der Waals surface area contributed by atoms with Gasteiger partial charge in [0.15, 0.2) is 0 Å². The van der Waals surface area contributed by atoms with Crippen molar-refractivity contribution in [1.29, 1.82) is 0 Å². The Bertz CT molecular complexity index is 1960. The zero-order valence-corrected chi connectivity index (χ0v) is 33.1. The minimum Gasteiger partial charge on any atom is -0.481 e. The molecule has 0 saturated carbocycles. The first kappa shape index (κ1) is 47.9. The molecule has 2 atom stereocenters. The van der Waals surface area contributed by atoms with Crippen molar-refractivity contribution < 1.29 is 41.4 Å². The first-order chi connectivity index (χ1) is 28.2. The van der Waals surface area contributed by atoms with Gasteiger partial charge in [-0.1, -0.05) is 57.4 Å². The Morgan fingerprint density at radius 1 is 0.650 bits per heavy atom. The van der Waals surface area contributed by atoms with Crippen LogP contribution >= 0.6 is 0 Å². The Kier molecular flexibility index (Phi) is 18.6. The summed E-state index contributed by atoms with van der Waals surface area (Å²) in [4.78, 5) is 34.0. The number of carboxylic acid groups (broad SMARTS) is 1. The van der Waals surface area contributed by atoms with Gasteiger partial charge >= 0.3 is 18.3 Å². The summed E-state index contributed by atoms with van der Waals surface area (Å²) in [5.41, 5.74) is 8.34. The van der Waals surface area contributed by atoms with Crippen molar-refractivity contribution in [2.24, 2.45) is 0 Å². The van der Waals surface area contributed by atoms with Crippen LogP contribution < -0.4 is 0 Å². The van der Waals surface area contributed by atoms with Crippen molar-refractivity contribution in [2.45, 2.75) is 154 Å². The molecule has 4 aromatic heterocycles. The predicted molar refractivity (Wildman–Crippen MR) is 217 cm³/mol. The highest BCUT2D eigenvalue weighted by Gasteiger charge is 2.35. The Morgan fingerprint density at radius 2 is 1.12 bits per heavy atom. The third-order valence-electron chi connectivity index (χ3n) is 10.6. The van der Waals surface area contributed by atoms with E-state index in [1.54, 1.807) is 6.08 Å². The molecule has 0 fully saturated rings. The molecule has 2 unspecified atom stereocenters. The van der Waals surface area contributed by atoms with Gasteiger partial charge in [-0.05, 0) is 125 Å². The number of hydrogen-bond acceptors (Lipinski definition) is 8. The van der Waals surface area contributed by atoms with E-state index >= 15 is 0 Å². The van der Waals surface area contributed by atoms with Gasteiger partial charge in [0, 0.05) is 53.1 Å². The van der Waals surface area contributed by atoms with Crippen LogP contribution in [0.2, 0.25) is 0 Å². The lowest BCUT2D eigenvalue weighted by Crippen LogP contribution is -2.13. The lowest BCUT2D eigenvalue weighted by molar-refractivity contribution is -0.145. The molecule has 0 radical (unpaired) electrons. The van der Waals surface area contributed by atoms with E-state index in [4.69, 9.17) is 15.1 Å². The van der Waals surface area contributed by atoms with Crippen LogP contribution in [0, 0.1) is 0 Å². The lowest BCUT2D eigenvalue weighted by Gasteiger charge is -2.16. The molecule has 4 aromatic rings.